The lowest BCUT2D eigenvalue weighted by atomic mass is 9.84. The van der Waals surface area contributed by atoms with Crippen molar-refractivity contribution in [1.82, 2.24) is 4.57 Å². The average molecular weight is 587 g/mol. The van der Waals surface area contributed by atoms with E-state index in [1.165, 1.54) is 0 Å². The van der Waals surface area contributed by atoms with Gasteiger partial charge in [0.25, 0.3) is 0 Å². The van der Waals surface area contributed by atoms with Gasteiger partial charge in [0.15, 0.2) is 6.61 Å². The van der Waals surface area contributed by atoms with E-state index < -0.39 is 41.6 Å². The summed E-state index contributed by atoms with van der Waals surface area (Å²) in [6.07, 6.45) is 0.466. The van der Waals surface area contributed by atoms with Crippen molar-refractivity contribution in [2.45, 2.75) is 58.7 Å². The monoisotopic (exact) mass is 586 g/mol. The second-order valence-electron chi connectivity index (χ2n) is 10.2. The molecular weight excluding hydrogens is 556 g/mol. The molecule has 2 aromatic carbocycles. The molecule has 0 aliphatic carbocycles. The molecule has 4 rings (SSSR count). The quantitative estimate of drug-likeness (QED) is 0.277. The molecule has 1 aromatic heterocycles. The summed E-state index contributed by atoms with van der Waals surface area (Å²) < 4.78 is 18.8. The number of carboxylic acids is 2. The van der Waals surface area contributed by atoms with E-state index in [1.807, 2.05) is 13.8 Å². The summed E-state index contributed by atoms with van der Waals surface area (Å²) >= 11 is 0.793. The summed E-state index contributed by atoms with van der Waals surface area (Å²) in [5.41, 5.74) is 2.50. The number of nitroso groups, excluding NO2 is 1. The van der Waals surface area contributed by atoms with Gasteiger partial charge in [-0.05, 0) is 56.5 Å². The Morgan fingerprint density at radius 2 is 1.78 bits per heavy atom. The molecule has 13 heteroatoms. The van der Waals surface area contributed by atoms with Crippen LogP contribution in [0.5, 0.6) is 23.1 Å². The lowest BCUT2D eigenvalue weighted by Gasteiger charge is -2.39. The van der Waals surface area contributed by atoms with Crippen molar-refractivity contribution in [3.63, 3.8) is 0 Å². The first-order chi connectivity index (χ1) is 19.3. The van der Waals surface area contributed by atoms with Crippen LogP contribution in [-0.2, 0) is 22.6 Å². The van der Waals surface area contributed by atoms with Crippen LogP contribution >= 0.6 is 11.3 Å². The minimum atomic E-state index is -1.22. The Morgan fingerprint density at radius 1 is 1.10 bits per heavy atom. The van der Waals surface area contributed by atoms with Gasteiger partial charge in [0.1, 0.15) is 42.0 Å². The van der Waals surface area contributed by atoms with Crippen molar-refractivity contribution in [2.75, 3.05) is 13.2 Å². The van der Waals surface area contributed by atoms with Gasteiger partial charge in [-0.25, -0.2) is 4.79 Å². The zero-order valence-corrected chi connectivity index (χ0v) is 23.7. The maximum absolute atomic E-state index is 12.0. The standard InChI is InChI=1S/C28H30N2O10S/c1-14-15(2)25-23(16(3)24(14)38-12-22(33)34)19(29-37)10-28(4,40-25)13-39-18-7-5-17(6-8-18)9-20-26(35)30(11-21(31)32)27(36)41-20/h5-8,19,35H,9-13H2,1-4H3,(H,31,32)(H,33,34). The van der Waals surface area contributed by atoms with Gasteiger partial charge in [0.05, 0.1) is 4.88 Å². The highest BCUT2D eigenvalue weighted by Gasteiger charge is 2.42. The predicted octanol–water partition coefficient (Wildman–Crippen LogP) is 4.11. The minimum Gasteiger partial charge on any atom is -0.494 e. The van der Waals surface area contributed by atoms with E-state index in [1.54, 1.807) is 38.1 Å². The molecule has 12 nitrogen and oxygen atoms in total. The number of hydrogen-bond donors (Lipinski definition) is 3. The number of aliphatic carboxylic acids is 2. The lowest BCUT2D eigenvalue weighted by Crippen LogP contribution is -2.43. The van der Waals surface area contributed by atoms with Gasteiger partial charge in [-0.15, -0.1) is 0 Å². The highest BCUT2D eigenvalue weighted by Crippen LogP contribution is 2.49. The molecule has 0 bridgehead atoms. The third kappa shape index (κ3) is 6.19. The SMILES string of the molecule is Cc1c(C)c2c(c(C)c1OCC(=O)O)C(N=O)CC(C)(COc1ccc(Cc3sc(=O)n(CC(=O)O)c3O)cc1)O2. The molecule has 2 unspecified atom stereocenters. The third-order valence-corrected chi connectivity index (χ3v) is 8.04. The first-order valence-corrected chi connectivity index (χ1v) is 13.5. The number of aromatic nitrogens is 1. The summed E-state index contributed by atoms with van der Waals surface area (Å²) in [6, 6.07) is 6.24. The van der Waals surface area contributed by atoms with Crippen LogP contribution in [0.25, 0.3) is 0 Å². The molecule has 0 fully saturated rings. The number of ether oxygens (including phenoxy) is 3. The normalized spacial score (nSPS) is 17.8. The number of aromatic hydroxyl groups is 1. The zero-order valence-electron chi connectivity index (χ0n) is 22.9. The van der Waals surface area contributed by atoms with Crippen LogP contribution in [0.1, 0.15) is 52.1 Å². The van der Waals surface area contributed by atoms with Crippen LogP contribution in [0.4, 0.5) is 0 Å². The third-order valence-electron chi connectivity index (χ3n) is 7.07. The van der Waals surface area contributed by atoms with Crippen LogP contribution in [0.2, 0.25) is 0 Å². The Labute approximate surface area is 238 Å². The number of thiazole rings is 1. The second-order valence-corrected chi connectivity index (χ2v) is 11.3. The molecule has 0 saturated heterocycles. The first-order valence-electron chi connectivity index (χ1n) is 12.7. The van der Waals surface area contributed by atoms with E-state index >= 15 is 0 Å². The van der Waals surface area contributed by atoms with Crippen LogP contribution in [-0.4, -0.2) is 50.6 Å². The van der Waals surface area contributed by atoms with Gasteiger partial charge in [0.2, 0.25) is 5.88 Å². The lowest BCUT2D eigenvalue weighted by molar-refractivity contribution is -0.139. The molecule has 218 valence electrons. The maximum atomic E-state index is 12.0. The smallest absolute Gasteiger partial charge is 0.341 e. The largest absolute Gasteiger partial charge is 0.494 e. The molecule has 0 spiro atoms. The van der Waals surface area contributed by atoms with E-state index in [-0.39, 0.29) is 25.3 Å². The number of benzene rings is 2. The fourth-order valence-electron chi connectivity index (χ4n) is 4.94. The predicted molar refractivity (Wildman–Crippen MR) is 149 cm³/mol. The van der Waals surface area contributed by atoms with E-state index in [9.17, 15) is 24.4 Å². The summed E-state index contributed by atoms with van der Waals surface area (Å²) in [6.45, 7) is 6.18. The first kappa shape index (κ1) is 29.6. The number of hydrogen-bond acceptors (Lipinski definition) is 10. The van der Waals surface area contributed by atoms with Crippen LogP contribution in [0.3, 0.4) is 0 Å². The number of rotatable bonds is 11. The highest BCUT2D eigenvalue weighted by molar-refractivity contribution is 7.09. The van der Waals surface area contributed by atoms with Gasteiger partial charge in [0, 0.05) is 24.0 Å². The molecule has 0 saturated carbocycles. The Hall–Kier alpha value is -4.39. The molecular formula is C28H30N2O10S. The Kier molecular flexibility index (Phi) is 8.38. The van der Waals surface area contributed by atoms with E-state index in [0.717, 1.165) is 27.0 Å². The molecule has 0 amide bonds. The van der Waals surface area contributed by atoms with Crippen molar-refractivity contribution in [3.05, 3.63) is 71.5 Å². The van der Waals surface area contributed by atoms with Gasteiger partial charge in [-0.3, -0.25) is 14.2 Å². The Morgan fingerprint density at radius 3 is 2.39 bits per heavy atom. The van der Waals surface area contributed by atoms with Crippen molar-refractivity contribution in [2.24, 2.45) is 5.18 Å². The van der Waals surface area contributed by atoms with Crippen molar-refractivity contribution in [1.29, 1.82) is 0 Å². The van der Waals surface area contributed by atoms with Crippen molar-refractivity contribution < 1.29 is 39.1 Å². The summed E-state index contributed by atoms with van der Waals surface area (Å²) in [4.78, 5) is 45.8. The molecule has 41 heavy (non-hydrogen) atoms. The summed E-state index contributed by atoms with van der Waals surface area (Å²) in [5.74, 6) is -1.25. The molecule has 2 atom stereocenters. The van der Waals surface area contributed by atoms with Crippen LogP contribution in [0, 0.1) is 25.7 Å². The van der Waals surface area contributed by atoms with E-state index in [0.29, 0.717) is 38.8 Å². The summed E-state index contributed by atoms with van der Waals surface area (Å²) in [5, 5.41) is 31.6. The van der Waals surface area contributed by atoms with Gasteiger partial charge in [-0.2, -0.15) is 4.91 Å². The number of carboxylic acid groups (broad SMARTS) is 2. The van der Waals surface area contributed by atoms with Crippen molar-refractivity contribution in [3.8, 4) is 23.1 Å². The zero-order chi connectivity index (χ0) is 30.1. The van der Waals surface area contributed by atoms with Gasteiger partial charge >= 0.3 is 16.8 Å². The van der Waals surface area contributed by atoms with E-state index in [2.05, 4.69) is 5.18 Å². The molecule has 3 N–H and O–H groups in total. The Bertz CT molecular complexity index is 1560. The molecule has 1 aliphatic rings. The summed E-state index contributed by atoms with van der Waals surface area (Å²) in [7, 11) is 0. The van der Waals surface area contributed by atoms with Crippen LogP contribution < -0.4 is 19.1 Å². The topological polar surface area (TPSA) is 174 Å². The van der Waals surface area contributed by atoms with Gasteiger partial charge < -0.3 is 29.5 Å². The number of carbonyl (C=O) groups is 2. The molecule has 1 aliphatic heterocycles. The molecule has 0 radical (unpaired) electrons. The van der Waals surface area contributed by atoms with Gasteiger partial charge in [-0.1, -0.05) is 28.6 Å². The highest BCUT2D eigenvalue weighted by atomic mass is 32.1. The number of fused-ring (bicyclic) bond motifs is 1. The molecule has 2 heterocycles. The fourth-order valence-corrected chi connectivity index (χ4v) is 5.85. The minimum absolute atomic E-state index is 0.104. The average Bonchev–Trinajstić information content (AvgIpc) is 3.17. The Balaban J connectivity index is 1.49. The van der Waals surface area contributed by atoms with E-state index in [4.69, 9.17) is 24.4 Å². The molecule has 3 aromatic rings. The van der Waals surface area contributed by atoms with Crippen LogP contribution in [0.15, 0.2) is 34.2 Å². The fraction of sp³-hybridized carbons (Fsp3) is 0.393. The van der Waals surface area contributed by atoms with Crippen molar-refractivity contribution >= 4 is 23.3 Å². The number of nitrogens with zero attached hydrogens (tertiary/aromatic N) is 2. The maximum Gasteiger partial charge on any atom is 0.341 e. The second kappa shape index (κ2) is 11.6.